The second kappa shape index (κ2) is 7.21. The number of hydrogen-bond donors (Lipinski definition) is 0. The van der Waals surface area contributed by atoms with Crippen LogP contribution < -0.4 is 0 Å². The maximum atomic E-state index is 13.5. The molecule has 23 heavy (non-hydrogen) atoms. The zero-order valence-electron chi connectivity index (χ0n) is 13.3. The number of piperidine rings is 1. The minimum atomic E-state index is -0.235. The highest BCUT2D eigenvalue weighted by atomic mass is 32.1. The Balaban J connectivity index is 1.70. The fourth-order valence-electron chi connectivity index (χ4n) is 3.22. The molecule has 5 heteroatoms. The average molecular weight is 332 g/mol. The monoisotopic (exact) mass is 332 g/mol. The van der Waals surface area contributed by atoms with E-state index in [4.69, 9.17) is 0 Å². The molecule has 0 spiro atoms. The molecule has 1 aliphatic heterocycles. The van der Waals surface area contributed by atoms with Crippen LogP contribution in [0.3, 0.4) is 0 Å². The van der Waals surface area contributed by atoms with Gasteiger partial charge < -0.3 is 4.90 Å². The fraction of sp³-hybridized carbons (Fsp3) is 0.444. The molecule has 0 unspecified atom stereocenters. The van der Waals surface area contributed by atoms with Crippen LogP contribution >= 0.6 is 11.3 Å². The number of nitrogens with zero attached hydrogens (tertiary/aromatic N) is 2. The molecule has 1 fully saturated rings. The number of aryl methyl sites for hydroxylation is 2. The molecule has 1 saturated heterocycles. The van der Waals surface area contributed by atoms with Crippen LogP contribution in [0.4, 0.5) is 4.39 Å². The van der Waals surface area contributed by atoms with Crippen molar-refractivity contribution in [1.29, 1.82) is 0 Å². The van der Waals surface area contributed by atoms with Crippen LogP contribution in [-0.4, -0.2) is 22.3 Å². The molecule has 1 aliphatic rings. The number of likely N-dealkylation sites (tertiary alicyclic amines) is 1. The van der Waals surface area contributed by atoms with Crippen LogP contribution in [0, 0.1) is 12.7 Å². The van der Waals surface area contributed by atoms with Crippen molar-refractivity contribution in [2.24, 2.45) is 0 Å². The van der Waals surface area contributed by atoms with Gasteiger partial charge in [0, 0.05) is 17.8 Å². The van der Waals surface area contributed by atoms with E-state index >= 15 is 0 Å². The summed E-state index contributed by atoms with van der Waals surface area (Å²) in [7, 11) is 0. The van der Waals surface area contributed by atoms with Gasteiger partial charge in [-0.25, -0.2) is 9.37 Å². The Kier molecular flexibility index (Phi) is 5.06. The van der Waals surface area contributed by atoms with Crippen molar-refractivity contribution >= 4 is 17.2 Å². The summed E-state index contributed by atoms with van der Waals surface area (Å²) in [6.45, 7) is 2.74. The second-order valence-electron chi connectivity index (χ2n) is 6.01. The van der Waals surface area contributed by atoms with Crippen molar-refractivity contribution in [3.05, 3.63) is 51.7 Å². The Morgan fingerprint density at radius 3 is 3.04 bits per heavy atom. The molecule has 2 aromatic rings. The quantitative estimate of drug-likeness (QED) is 0.837. The molecule has 1 aromatic carbocycles. The highest BCUT2D eigenvalue weighted by Crippen LogP contribution is 2.32. The van der Waals surface area contributed by atoms with Crippen molar-refractivity contribution in [2.75, 3.05) is 6.54 Å². The summed E-state index contributed by atoms with van der Waals surface area (Å²) in [5.74, 6) is -0.0764. The van der Waals surface area contributed by atoms with Crippen molar-refractivity contribution < 1.29 is 9.18 Å². The third kappa shape index (κ3) is 3.78. The molecule has 0 aliphatic carbocycles. The van der Waals surface area contributed by atoms with Gasteiger partial charge in [0.2, 0.25) is 5.91 Å². The number of aromatic nitrogens is 1. The summed E-state index contributed by atoms with van der Waals surface area (Å²) in [6.07, 6.45) is 4.25. The Bertz CT molecular complexity index is 685. The molecule has 0 radical (unpaired) electrons. The zero-order valence-corrected chi connectivity index (χ0v) is 14.1. The van der Waals surface area contributed by atoms with Gasteiger partial charge in [-0.1, -0.05) is 12.1 Å². The first-order valence-electron chi connectivity index (χ1n) is 8.09. The molecule has 1 aromatic heterocycles. The van der Waals surface area contributed by atoms with Crippen molar-refractivity contribution in [1.82, 2.24) is 9.88 Å². The van der Waals surface area contributed by atoms with Crippen LogP contribution in [0.15, 0.2) is 29.8 Å². The van der Waals surface area contributed by atoms with Gasteiger partial charge in [-0.05, 0) is 50.3 Å². The van der Waals surface area contributed by atoms with Crippen LogP contribution in [0.1, 0.15) is 47.9 Å². The van der Waals surface area contributed by atoms with Crippen LogP contribution in [0.25, 0.3) is 0 Å². The topological polar surface area (TPSA) is 33.2 Å². The summed E-state index contributed by atoms with van der Waals surface area (Å²) in [4.78, 5) is 20.0. The molecule has 0 N–H and O–H groups in total. The summed E-state index contributed by atoms with van der Waals surface area (Å²) in [5, 5.41) is 0. The Morgan fingerprint density at radius 1 is 1.43 bits per heavy atom. The Morgan fingerprint density at radius 2 is 2.30 bits per heavy atom. The van der Waals surface area contributed by atoms with Crippen LogP contribution in [0.2, 0.25) is 0 Å². The molecule has 122 valence electrons. The maximum absolute atomic E-state index is 13.5. The smallest absolute Gasteiger partial charge is 0.223 e. The molecule has 3 nitrogen and oxygen atoms in total. The van der Waals surface area contributed by atoms with Gasteiger partial charge in [-0.15, -0.1) is 11.3 Å². The van der Waals surface area contributed by atoms with Gasteiger partial charge in [0.05, 0.1) is 17.2 Å². The SMILES string of the molecule is Cc1ncsc1CCC(=O)N1CCCC[C@@H]1c1cccc(F)c1. The van der Waals surface area contributed by atoms with Crippen molar-refractivity contribution in [3.8, 4) is 0 Å². The van der Waals surface area contributed by atoms with Gasteiger partial charge in [0.25, 0.3) is 0 Å². The molecule has 3 rings (SSSR count). The molecule has 1 amide bonds. The number of amides is 1. The minimum absolute atomic E-state index is 0.00880. The largest absolute Gasteiger partial charge is 0.336 e. The number of benzene rings is 1. The van der Waals surface area contributed by atoms with Gasteiger partial charge in [0.1, 0.15) is 5.82 Å². The van der Waals surface area contributed by atoms with E-state index in [1.165, 1.54) is 10.9 Å². The second-order valence-corrected chi connectivity index (χ2v) is 6.95. The minimum Gasteiger partial charge on any atom is -0.336 e. The standard InChI is InChI=1S/C18H21FN2OS/c1-13-17(23-12-20-13)8-9-18(22)21-10-3-2-7-16(21)14-5-4-6-15(19)11-14/h4-6,11-12,16H,2-3,7-10H2,1H3/t16-/m1/s1. The first-order valence-corrected chi connectivity index (χ1v) is 8.97. The lowest BCUT2D eigenvalue weighted by Crippen LogP contribution is -2.38. The molecule has 0 bridgehead atoms. The molecule has 0 saturated carbocycles. The number of carbonyl (C=O) groups excluding carboxylic acids is 1. The Hall–Kier alpha value is -1.75. The number of carbonyl (C=O) groups is 1. The number of thiazole rings is 1. The van der Waals surface area contributed by atoms with E-state index in [9.17, 15) is 9.18 Å². The van der Waals surface area contributed by atoms with E-state index in [1.54, 1.807) is 23.5 Å². The number of rotatable bonds is 4. The van der Waals surface area contributed by atoms with Crippen molar-refractivity contribution in [2.45, 2.75) is 45.1 Å². The highest BCUT2D eigenvalue weighted by molar-refractivity contribution is 7.09. The summed E-state index contributed by atoms with van der Waals surface area (Å²) in [6, 6.07) is 6.67. The van der Waals surface area contributed by atoms with Gasteiger partial charge >= 0.3 is 0 Å². The molecule has 1 atom stereocenters. The lowest BCUT2D eigenvalue weighted by atomic mass is 9.94. The highest BCUT2D eigenvalue weighted by Gasteiger charge is 2.28. The summed E-state index contributed by atoms with van der Waals surface area (Å²) >= 11 is 1.61. The number of hydrogen-bond acceptors (Lipinski definition) is 3. The van der Waals surface area contributed by atoms with Gasteiger partial charge in [-0.2, -0.15) is 0 Å². The van der Waals surface area contributed by atoms with Gasteiger partial charge in [-0.3, -0.25) is 4.79 Å². The first kappa shape index (κ1) is 16.1. The average Bonchev–Trinajstić information content (AvgIpc) is 2.98. The first-order chi connectivity index (χ1) is 11.1. The maximum Gasteiger partial charge on any atom is 0.223 e. The Labute approximate surface area is 140 Å². The third-order valence-electron chi connectivity index (χ3n) is 4.47. The van der Waals surface area contributed by atoms with E-state index in [1.807, 2.05) is 23.4 Å². The number of halogens is 1. The lowest BCUT2D eigenvalue weighted by molar-refractivity contribution is -0.135. The zero-order chi connectivity index (χ0) is 16.2. The summed E-state index contributed by atoms with van der Waals surface area (Å²) in [5.41, 5.74) is 3.75. The van der Waals surface area contributed by atoms with E-state index < -0.39 is 0 Å². The third-order valence-corrected chi connectivity index (χ3v) is 5.46. The van der Waals surface area contributed by atoms with Crippen LogP contribution in [0.5, 0.6) is 0 Å². The fourth-order valence-corrected chi connectivity index (χ4v) is 4.00. The van der Waals surface area contributed by atoms with E-state index in [0.717, 1.165) is 43.5 Å². The van der Waals surface area contributed by atoms with E-state index in [-0.39, 0.29) is 17.8 Å². The predicted molar refractivity (Wildman–Crippen MR) is 89.9 cm³/mol. The normalized spacial score (nSPS) is 18.2. The van der Waals surface area contributed by atoms with E-state index in [0.29, 0.717) is 6.42 Å². The van der Waals surface area contributed by atoms with Crippen LogP contribution in [-0.2, 0) is 11.2 Å². The molecule has 2 heterocycles. The lowest BCUT2D eigenvalue weighted by Gasteiger charge is -2.36. The van der Waals surface area contributed by atoms with Gasteiger partial charge in [0.15, 0.2) is 0 Å². The molecular weight excluding hydrogens is 311 g/mol. The van der Waals surface area contributed by atoms with Crippen molar-refractivity contribution in [3.63, 3.8) is 0 Å². The predicted octanol–water partition coefficient (Wildman–Crippen LogP) is 4.28. The molecular formula is C18H21FN2OS. The summed E-state index contributed by atoms with van der Waals surface area (Å²) < 4.78 is 13.5. The van der Waals surface area contributed by atoms with E-state index in [2.05, 4.69) is 4.98 Å².